The quantitative estimate of drug-likeness (QED) is 0.653. The molecule has 1 N–H and O–H groups in total. The summed E-state index contributed by atoms with van der Waals surface area (Å²) in [6.45, 7) is 0.454. The number of hydrogen-bond donors (Lipinski definition) is 1. The van der Waals surface area contributed by atoms with E-state index in [-0.39, 0.29) is 12.5 Å². The van der Waals surface area contributed by atoms with Crippen molar-refractivity contribution in [1.29, 1.82) is 0 Å². The highest BCUT2D eigenvalue weighted by atomic mass is 35.5. The number of nitrogens with zero attached hydrogens (tertiary/aromatic N) is 4. The smallest absolute Gasteiger partial charge is 0.328 e. The van der Waals surface area contributed by atoms with Gasteiger partial charge in [0.2, 0.25) is 0 Å². The Bertz CT molecular complexity index is 1030. The van der Waals surface area contributed by atoms with E-state index in [1.54, 1.807) is 18.6 Å². The molecule has 0 aliphatic carbocycles. The fourth-order valence-electron chi connectivity index (χ4n) is 3.71. The molecule has 3 heterocycles. The lowest BCUT2D eigenvalue weighted by Crippen LogP contribution is -2.42. The van der Waals surface area contributed by atoms with Crippen molar-refractivity contribution in [2.45, 2.75) is 12.5 Å². The fraction of sp³-hybridized carbons (Fsp3) is 0.316. The normalized spacial score (nSPS) is 19.4. The van der Waals surface area contributed by atoms with Crippen molar-refractivity contribution in [2.75, 3.05) is 25.2 Å². The van der Waals surface area contributed by atoms with Crippen LogP contribution in [-0.4, -0.2) is 51.9 Å². The number of carbonyl (C=O) groups is 1. The van der Waals surface area contributed by atoms with Crippen molar-refractivity contribution in [3.05, 3.63) is 47.0 Å². The summed E-state index contributed by atoms with van der Waals surface area (Å²) in [5.41, 5.74) is 1.35. The van der Waals surface area contributed by atoms with E-state index in [0.717, 1.165) is 11.1 Å². The first kappa shape index (κ1) is 19.0. The number of halogens is 2. The predicted octanol–water partition coefficient (Wildman–Crippen LogP) is 3.09. The second kappa shape index (κ2) is 7.58. The number of hydrogen-bond acceptors (Lipinski definition) is 6. The standard InChI is InChI=1S/C19H18Cl2N4O3/c1-28-19(27)18-11(9-26)4-6-25(18)15-8-14(24-7-5-22-10-24)12-2-3-13(20)16(21)17(12)23-15/h2-3,5,7-8,10-11,18,26H,4,6,9H2,1H3. The van der Waals surface area contributed by atoms with Gasteiger partial charge in [-0.15, -0.1) is 0 Å². The van der Waals surface area contributed by atoms with Crippen LogP contribution in [0.1, 0.15) is 6.42 Å². The average molecular weight is 421 g/mol. The molecule has 1 aliphatic heterocycles. The van der Waals surface area contributed by atoms with Crippen LogP contribution in [0.3, 0.4) is 0 Å². The highest BCUT2D eigenvalue weighted by Gasteiger charge is 2.40. The Labute approximate surface area is 171 Å². The Balaban J connectivity index is 1.92. The van der Waals surface area contributed by atoms with E-state index in [2.05, 4.69) is 4.98 Å². The van der Waals surface area contributed by atoms with Gasteiger partial charge in [0.1, 0.15) is 11.9 Å². The number of aromatic nitrogens is 3. The topological polar surface area (TPSA) is 80.5 Å². The highest BCUT2D eigenvalue weighted by molar-refractivity contribution is 6.45. The number of esters is 1. The van der Waals surface area contributed by atoms with Crippen molar-refractivity contribution in [1.82, 2.24) is 14.5 Å². The van der Waals surface area contributed by atoms with Crippen molar-refractivity contribution >= 4 is 45.9 Å². The van der Waals surface area contributed by atoms with Crippen LogP contribution in [0.25, 0.3) is 16.6 Å². The molecule has 4 rings (SSSR count). The zero-order chi connectivity index (χ0) is 19.8. The lowest BCUT2D eigenvalue weighted by molar-refractivity contribution is -0.143. The Morgan fingerprint density at radius 3 is 2.89 bits per heavy atom. The van der Waals surface area contributed by atoms with Crippen molar-refractivity contribution in [2.24, 2.45) is 5.92 Å². The number of ether oxygens (including phenoxy) is 1. The zero-order valence-electron chi connectivity index (χ0n) is 15.0. The van der Waals surface area contributed by atoms with Crippen LogP contribution in [0.5, 0.6) is 0 Å². The minimum absolute atomic E-state index is 0.106. The molecule has 3 aromatic rings. The van der Waals surface area contributed by atoms with Gasteiger partial charge in [-0.2, -0.15) is 0 Å². The summed E-state index contributed by atoms with van der Waals surface area (Å²) in [6.07, 6.45) is 5.83. The molecule has 1 saturated heterocycles. The molecule has 0 amide bonds. The average Bonchev–Trinajstić information content (AvgIpc) is 3.39. The van der Waals surface area contributed by atoms with E-state index in [4.69, 9.17) is 32.9 Å². The van der Waals surface area contributed by atoms with E-state index in [0.29, 0.717) is 34.3 Å². The molecule has 146 valence electrons. The third-order valence-corrected chi connectivity index (χ3v) is 5.91. The third kappa shape index (κ3) is 3.09. The Morgan fingerprint density at radius 1 is 1.39 bits per heavy atom. The second-order valence-electron chi connectivity index (χ2n) is 6.62. The van der Waals surface area contributed by atoms with E-state index in [9.17, 15) is 9.90 Å². The van der Waals surface area contributed by atoms with E-state index in [1.165, 1.54) is 7.11 Å². The predicted molar refractivity (Wildman–Crippen MR) is 107 cm³/mol. The fourth-order valence-corrected chi connectivity index (χ4v) is 4.07. The largest absolute Gasteiger partial charge is 0.467 e. The maximum absolute atomic E-state index is 12.4. The number of benzene rings is 1. The molecular formula is C19H18Cl2N4O3. The monoisotopic (exact) mass is 420 g/mol. The Morgan fingerprint density at radius 2 is 2.21 bits per heavy atom. The van der Waals surface area contributed by atoms with Gasteiger partial charge in [0.05, 0.1) is 34.7 Å². The minimum atomic E-state index is -0.617. The summed E-state index contributed by atoms with van der Waals surface area (Å²) in [6, 6.07) is 4.84. The van der Waals surface area contributed by atoms with Crippen LogP contribution in [0.15, 0.2) is 36.9 Å². The minimum Gasteiger partial charge on any atom is -0.467 e. The van der Waals surface area contributed by atoms with E-state index in [1.807, 2.05) is 27.8 Å². The van der Waals surface area contributed by atoms with Crippen LogP contribution in [0, 0.1) is 5.92 Å². The number of carbonyl (C=O) groups excluding carboxylic acids is 1. The third-order valence-electron chi connectivity index (χ3n) is 5.11. The summed E-state index contributed by atoms with van der Waals surface area (Å²) in [5.74, 6) is -0.0667. The summed E-state index contributed by atoms with van der Waals surface area (Å²) >= 11 is 12.7. The second-order valence-corrected chi connectivity index (χ2v) is 7.40. The first-order valence-electron chi connectivity index (χ1n) is 8.77. The Hall–Kier alpha value is -2.35. The van der Waals surface area contributed by atoms with Gasteiger partial charge in [0.15, 0.2) is 0 Å². The van der Waals surface area contributed by atoms with Gasteiger partial charge in [-0.3, -0.25) is 0 Å². The number of aliphatic hydroxyl groups excluding tert-OH is 1. The van der Waals surface area contributed by atoms with Gasteiger partial charge in [-0.05, 0) is 18.6 Å². The van der Waals surface area contributed by atoms with Gasteiger partial charge < -0.3 is 19.3 Å². The first-order valence-corrected chi connectivity index (χ1v) is 9.53. The molecule has 0 saturated carbocycles. The molecular weight excluding hydrogens is 403 g/mol. The molecule has 2 aromatic heterocycles. The van der Waals surface area contributed by atoms with Crippen molar-refractivity contribution < 1.29 is 14.6 Å². The van der Waals surface area contributed by atoms with Gasteiger partial charge in [-0.1, -0.05) is 23.2 Å². The summed E-state index contributed by atoms with van der Waals surface area (Å²) < 4.78 is 6.82. The first-order chi connectivity index (χ1) is 13.5. The summed E-state index contributed by atoms with van der Waals surface area (Å²) in [5, 5.41) is 11.2. The number of imidazole rings is 1. The number of rotatable bonds is 4. The van der Waals surface area contributed by atoms with Crippen molar-refractivity contribution in [3.63, 3.8) is 0 Å². The molecule has 2 atom stereocenters. The maximum Gasteiger partial charge on any atom is 0.328 e. The van der Waals surface area contributed by atoms with Crippen LogP contribution >= 0.6 is 23.2 Å². The molecule has 2 unspecified atom stereocenters. The molecule has 0 bridgehead atoms. The van der Waals surface area contributed by atoms with Crippen molar-refractivity contribution in [3.8, 4) is 5.69 Å². The van der Waals surface area contributed by atoms with Crippen LogP contribution in [0.4, 0.5) is 5.82 Å². The van der Waals surface area contributed by atoms with Gasteiger partial charge in [-0.25, -0.2) is 14.8 Å². The number of methoxy groups -OCH3 is 1. The molecule has 0 radical (unpaired) electrons. The maximum atomic E-state index is 12.4. The number of fused-ring (bicyclic) bond motifs is 1. The number of aliphatic hydroxyl groups is 1. The number of pyridine rings is 1. The van der Waals surface area contributed by atoms with E-state index >= 15 is 0 Å². The van der Waals surface area contributed by atoms with Crippen LogP contribution < -0.4 is 4.90 Å². The molecule has 1 fully saturated rings. The highest BCUT2D eigenvalue weighted by Crippen LogP contribution is 2.37. The molecule has 1 aromatic carbocycles. The molecule has 1 aliphatic rings. The Kier molecular flexibility index (Phi) is 5.14. The molecule has 0 spiro atoms. The lowest BCUT2D eigenvalue weighted by atomic mass is 10.0. The SMILES string of the molecule is COC(=O)C1C(CO)CCN1c1cc(-n2ccnc2)c2ccc(Cl)c(Cl)c2n1. The van der Waals surface area contributed by atoms with Crippen LogP contribution in [-0.2, 0) is 9.53 Å². The number of anilines is 1. The van der Waals surface area contributed by atoms with Gasteiger partial charge in [0, 0.05) is 42.9 Å². The van der Waals surface area contributed by atoms with Gasteiger partial charge >= 0.3 is 5.97 Å². The van der Waals surface area contributed by atoms with Gasteiger partial charge in [0.25, 0.3) is 0 Å². The summed E-state index contributed by atoms with van der Waals surface area (Å²) in [4.78, 5) is 23.1. The molecule has 9 heteroatoms. The van der Waals surface area contributed by atoms with E-state index < -0.39 is 12.0 Å². The zero-order valence-corrected chi connectivity index (χ0v) is 16.6. The molecule has 28 heavy (non-hydrogen) atoms. The summed E-state index contributed by atoms with van der Waals surface area (Å²) in [7, 11) is 1.34. The molecule has 7 nitrogen and oxygen atoms in total. The van der Waals surface area contributed by atoms with Crippen LogP contribution in [0.2, 0.25) is 10.0 Å². The lowest BCUT2D eigenvalue weighted by Gasteiger charge is -2.27.